The molecule has 0 fully saturated rings. The molecule has 0 atom stereocenters. The van der Waals surface area contributed by atoms with Gasteiger partial charge in [-0.15, -0.1) is 0 Å². The first-order valence-corrected chi connectivity index (χ1v) is 4.86. The van der Waals surface area contributed by atoms with Crippen LogP contribution in [0.2, 0.25) is 0 Å². The Morgan fingerprint density at radius 3 is 2.46 bits per heavy atom. The van der Waals surface area contributed by atoms with E-state index in [9.17, 15) is 0 Å². The summed E-state index contributed by atoms with van der Waals surface area (Å²) < 4.78 is 5.33. The Bertz CT molecular complexity index is 276. The first-order chi connectivity index (χ1) is 6.20. The molecule has 0 aliphatic heterocycles. The van der Waals surface area contributed by atoms with Gasteiger partial charge in [0.05, 0.1) is 7.11 Å². The lowest BCUT2D eigenvalue weighted by Crippen LogP contribution is -1.98. The number of methoxy groups -OCH3 is 1. The number of hydrogen-bond donors (Lipinski definition) is 0. The summed E-state index contributed by atoms with van der Waals surface area (Å²) in [5.74, 6) is 1.60. The van der Waals surface area contributed by atoms with Crippen molar-refractivity contribution in [2.75, 3.05) is 7.11 Å². The topological polar surface area (TPSA) is 9.23 Å². The molecule has 0 heterocycles. The van der Waals surface area contributed by atoms with Gasteiger partial charge in [0, 0.05) is 0 Å². The summed E-state index contributed by atoms with van der Waals surface area (Å²) >= 11 is 0. The minimum absolute atomic E-state index is 0.574. The Hall–Kier alpha value is -0.980. The van der Waals surface area contributed by atoms with Crippen molar-refractivity contribution in [1.29, 1.82) is 0 Å². The molecule has 0 amide bonds. The van der Waals surface area contributed by atoms with Crippen LogP contribution in [0.25, 0.3) is 0 Å². The van der Waals surface area contributed by atoms with Crippen LogP contribution in [0.1, 0.15) is 37.8 Å². The first-order valence-electron chi connectivity index (χ1n) is 4.86. The third-order valence-corrected chi connectivity index (χ3v) is 2.36. The molecule has 1 heteroatoms. The SMILES string of the molecule is CCc1c(OC)cccc1C(C)C. The highest BCUT2D eigenvalue weighted by Gasteiger charge is 2.08. The van der Waals surface area contributed by atoms with E-state index in [0.717, 1.165) is 12.2 Å². The van der Waals surface area contributed by atoms with E-state index < -0.39 is 0 Å². The molecule has 0 unspecified atom stereocenters. The lowest BCUT2D eigenvalue weighted by molar-refractivity contribution is 0.409. The Balaban J connectivity index is 3.19. The summed E-state index contributed by atoms with van der Waals surface area (Å²) in [6, 6.07) is 6.28. The Labute approximate surface area is 80.7 Å². The molecule has 0 saturated carbocycles. The van der Waals surface area contributed by atoms with Crippen LogP contribution in [0.5, 0.6) is 5.75 Å². The largest absolute Gasteiger partial charge is 0.496 e. The normalized spacial score (nSPS) is 10.5. The van der Waals surface area contributed by atoms with E-state index in [2.05, 4.69) is 32.9 Å². The summed E-state index contributed by atoms with van der Waals surface area (Å²) in [5.41, 5.74) is 2.75. The van der Waals surface area contributed by atoms with Gasteiger partial charge in [-0.3, -0.25) is 0 Å². The predicted molar refractivity (Wildman–Crippen MR) is 56.5 cm³/mol. The molecule has 0 saturated heterocycles. The van der Waals surface area contributed by atoms with Crippen molar-refractivity contribution in [1.82, 2.24) is 0 Å². The van der Waals surface area contributed by atoms with Crippen molar-refractivity contribution in [2.45, 2.75) is 33.1 Å². The second-order valence-electron chi connectivity index (χ2n) is 3.54. The molecule has 0 spiro atoms. The molecular weight excluding hydrogens is 160 g/mol. The molecule has 1 aromatic carbocycles. The zero-order chi connectivity index (χ0) is 9.84. The number of benzene rings is 1. The van der Waals surface area contributed by atoms with Crippen LogP contribution in [-0.4, -0.2) is 7.11 Å². The van der Waals surface area contributed by atoms with Gasteiger partial charge in [0.1, 0.15) is 5.75 Å². The molecule has 0 aliphatic rings. The highest BCUT2D eigenvalue weighted by atomic mass is 16.5. The molecule has 0 radical (unpaired) electrons. The fourth-order valence-corrected chi connectivity index (χ4v) is 1.69. The first kappa shape index (κ1) is 10.1. The number of rotatable bonds is 3. The average molecular weight is 178 g/mol. The number of hydrogen-bond acceptors (Lipinski definition) is 1. The Morgan fingerprint density at radius 1 is 1.31 bits per heavy atom. The Morgan fingerprint density at radius 2 is 2.00 bits per heavy atom. The van der Waals surface area contributed by atoms with Gasteiger partial charge in [0.2, 0.25) is 0 Å². The van der Waals surface area contributed by atoms with E-state index >= 15 is 0 Å². The van der Waals surface area contributed by atoms with Crippen molar-refractivity contribution in [3.63, 3.8) is 0 Å². The maximum absolute atomic E-state index is 5.33. The molecule has 0 aliphatic carbocycles. The quantitative estimate of drug-likeness (QED) is 0.689. The predicted octanol–water partition coefficient (Wildman–Crippen LogP) is 3.38. The van der Waals surface area contributed by atoms with Crippen LogP contribution in [0.3, 0.4) is 0 Å². The molecule has 13 heavy (non-hydrogen) atoms. The molecule has 0 aromatic heterocycles. The summed E-state index contributed by atoms with van der Waals surface area (Å²) in [5, 5.41) is 0. The van der Waals surface area contributed by atoms with Gasteiger partial charge in [0.25, 0.3) is 0 Å². The summed E-state index contributed by atoms with van der Waals surface area (Å²) in [6.07, 6.45) is 1.04. The van der Waals surface area contributed by atoms with Gasteiger partial charge in [0.15, 0.2) is 0 Å². The van der Waals surface area contributed by atoms with Crippen molar-refractivity contribution in [3.05, 3.63) is 29.3 Å². The monoisotopic (exact) mass is 178 g/mol. The molecule has 1 rings (SSSR count). The van der Waals surface area contributed by atoms with Gasteiger partial charge in [-0.25, -0.2) is 0 Å². The van der Waals surface area contributed by atoms with E-state index in [1.165, 1.54) is 11.1 Å². The van der Waals surface area contributed by atoms with Gasteiger partial charge >= 0.3 is 0 Å². The van der Waals surface area contributed by atoms with Crippen LogP contribution in [0.15, 0.2) is 18.2 Å². The number of ether oxygens (including phenoxy) is 1. The van der Waals surface area contributed by atoms with Crippen molar-refractivity contribution in [3.8, 4) is 5.75 Å². The Kier molecular flexibility index (Phi) is 3.35. The third-order valence-electron chi connectivity index (χ3n) is 2.36. The van der Waals surface area contributed by atoms with Crippen LogP contribution < -0.4 is 4.74 Å². The summed E-state index contributed by atoms with van der Waals surface area (Å²) in [6.45, 7) is 6.60. The van der Waals surface area contributed by atoms with E-state index in [1.54, 1.807) is 7.11 Å². The molecule has 1 aromatic rings. The van der Waals surface area contributed by atoms with E-state index in [4.69, 9.17) is 4.74 Å². The van der Waals surface area contributed by atoms with Crippen molar-refractivity contribution in [2.24, 2.45) is 0 Å². The highest BCUT2D eigenvalue weighted by Crippen LogP contribution is 2.27. The van der Waals surface area contributed by atoms with Crippen LogP contribution in [0, 0.1) is 0 Å². The zero-order valence-corrected chi connectivity index (χ0v) is 8.92. The van der Waals surface area contributed by atoms with E-state index in [0.29, 0.717) is 5.92 Å². The van der Waals surface area contributed by atoms with Crippen LogP contribution >= 0.6 is 0 Å². The van der Waals surface area contributed by atoms with Crippen molar-refractivity contribution >= 4 is 0 Å². The molecule has 0 bridgehead atoms. The van der Waals surface area contributed by atoms with Crippen LogP contribution in [0.4, 0.5) is 0 Å². The fraction of sp³-hybridized carbons (Fsp3) is 0.500. The van der Waals surface area contributed by atoms with Gasteiger partial charge < -0.3 is 4.74 Å². The van der Waals surface area contributed by atoms with E-state index in [1.807, 2.05) is 6.07 Å². The van der Waals surface area contributed by atoms with Gasteiger partial charge in [-0.05, 0) is 29.5 Å². The molecule has 1 nitrogen and oxygen atoms in total. The molecule has 72 valence electrons. The molecular formula is C12H18O. The second-order valence-corrected chi connectivity index (χ2v) is 3.54. The van der Waals surface area contributed by atoms with Gasteiger partial charge in [-0.1, -0.05) is 32.9 Å². The third kappa shape index (κ3) is 2.03. The van der Waals surface area contributed by atoms with Crippen LogP contribution in [-0.2, 0) is 6.42 Å². The smallest absolute Gasteiger partial charge is 0.122 e. The highest BCUT2D eigenvalue weighted by molar-refractivity contribution is 5.41. The van der Waals surface area contributed by atoms with Crippen molar-refractivity contribution < 1.29 is 4.74 Å². The average Bonchev–Trinajstić information content (AvgIpc) is 2.16. The lowest BCUT2D eigenvalue weighted by atomic mass is 9.95. The molecule has 0 N–H and O–H groups in total. The summed E-state index contributed by atoms with van der Waals surface area (Å²) in [7, 11) is 1.73. The standard InChI is InChI=1S/C12H18O/c1-5-10-11(9(2)3)7-6-8-12(10)13-4/h6-9H,5H2,1-4H3. The summed E-state index contributed by atoms with van der Waals surface area (Å²) in [4.78, 5) is 0. The second kappa shape index (κ2) is 4.31. The minimum Gasteiger partial charge on any atom is -0.496 e. The van der Waals surface area contributed by atoms with Gasteiger partial charge in [-0.2, -0.15) is 0 Å². The fourth-order valence-electron chi connectivity index (χ4n) is 1.69. The zero-order valence-electron chi connectivity index (χ0n) is 8.92. The van der Waals surface area contributed by atoms with E-state index in [-0.39, 0.29) is 0 Å². The maximum atomic E-state index is 5.33. The lowest BCUT2D eigenvalue weighted by Gasteiger charge is -2.14. The minimum atomic E-state index is 0.574. The maximum Gasteiger partial charge on any atom is 0.122 e.